The van der Waals surface area contributed by atoms with Crippen molar-refractivity contribution in [1.29, 1.82) is 0 Å². The molecule has 106 heavy (non-hydrogen) atoms. The number of aryl methyl sites for hydroxylation is 1. The van der Waals surface area contributed by atoms with Crippen LogP contribution in [0.1, 0.15) is 143 Å². The molecule has 2 aliphatic heterocycles. The van der Waals surface area contributed by atoms with E-state index in [1.165, 1.54) is 23.5 Å². The summed E-state index contributed by atoms with van der Waals surface area (Å²) in [4.78, 5) is 135. The fraction of sp³-hybridized carbons (Fsp3) is 0.575. The number of hydrogen-bond donors (Lipinski definition) is 11. The van der Waals surface area contributed by atoms with Gasteiger partial charge in [0.1, 0.15) is 51.1 Å². The first-order valence-electron chi connectivity index (χ1n) is 36.2. The molecule has 7 atom stereocenters. The number of allylic oxidation sites excluding steroid dienone is 1. The lowest BCUT2D eigenvalue weighted by Gasteiger charge is -2.35. The minimum absolute atomic E-state index is 0.0127. The van der Waals surface area contributed by atoms with Crippen molar-refractivity contribution in [3.63, 3.8) is 0 Å². The number of halogens is 1. The van der Waals surface area contributed by atoms with Gasteiger partial charge in [0.25, 0.3) is 5.56 Å². The minimum atomic E-state index is -2.17. The predicted molar refractivity (Wildman–Crippen MR) is 386 cm³/mol. The van der Waals surface area contributed by atoms with Crippen LogP contribution in [0.15, 0.2) is 53.3 Å². The van der Waals surface area contributed by atoms with E-state index in [0.717, 1.165) is 24.8 Å². The number of anilines is 1. The number of unbranched alkanes of at least 4 members (excludes halogenated alkanes) is 1. The van der Waals surface area contributed by atoms with Gasteiger partial charge < -0.3 is 102 Å². The molecule has 0 fully saturated rings. The number of amides is 9. The molecule has 2 aromatic carbocycles. The van der Waals surface area contributed by atoms with Crippen molar-refractivity contribution < 1.29 is 90.5 Å². The summed E-state index contributed by atoms with van der Waals surface area (Å²) >= 11 is 0. The van der Waals surface area contributed by atoms with Gasteiger partial charge in [-0.1, -0.05) is 57.9 Å². The molecule has 9 amide bonds. The highest BCUT2D eigenvalue weighted by Crippen LogP contribution is 2.47. The second kappa shape index (κ2) is 41.4. The maximum absolute atomic E-state index is 15.4. The number of esters is 1. The third kappa shape index (κ3) is 23.6. The van der Waals surface area contributed by atoms with E-state index in [2.05, 4.69) is 58.9 Å². The van der Waals surface area contributed by atoms with Gasteiger partial charge in [-0.25, -0.2) is 23.8 Å². The summed E-state index contributed by atoms with van der Waals surface area (Å²) in [6.07, 6.45) is 11.2. The van der Waals surface area contributed by atoms with Crippen LogP contribution in [-0.4, -0.2) is 195 Å². The number of carbonyl (C=O) groups excluding carboxylic acids is 9. The molecule has 2 aromatic heterocycles. The molecule has 31 nitrogen and oxygen atoms in total. The predicted octanol–water partition coefficient (Wildman–Crippen LogP) is 3.20. The molecular formula is C73H100FN12O19Si. The van der Waals surface area contributed by atoms with Gasteiger partial charge in [-0.05, 0) is 123 Å². The number of carbonyl (C=O) groups is 9. The number of cyclic esters (lactones) is 1. The number of alkyl carbamates (subject to hydrolysis) is 1. The zero-order valence-electron chi connectivity index (χ0n) is 60.6. The van der Waals surface area contributed by atoms with Gasteiger partial charge in [0, 0.05) is 64.6 Å². The van der Waals surface area contributed by atoms with Crippen molar-refractivity contribution in [2.45, 2.75) is 172 Å². The Labute approximate surface area is 617 Å². The van der Waals surface area contributed by atoms with Crippen molar-refractivity contribution in [3.8, 4) is 11.4 Å². The lowest BCUT2D eigenvalue weighted by atomic mass is 9.81. The third-order valence-electron chi connectivity index (χ3n) is 18.7. The monoisotopic (exact) mass is 1500 g/mol. The lowest BCUT2D eigenvalue weighted by molar-refractivity contribution is -0.172. The van der Waals surface area contributed by atoms with Crippen LogP contribution in [0.5, 0.6) is 0 Å². The summed E-state index contributed by atoms with van der Waals surface area (Å²) in [5.41, 5.74) is 12.5. The van der Waals surface area contributed by atoms with Gasteiger partial charge in [0.2, 0.25) is 35.4 Å². The summed E-state index contributed by atoms with van der Waals surface area (Å²) in [7, 11) is 3.38. The van der Waals surface area contributed by atoms with Gasteiger partial charge in [-0.2, -0.15) is 0 Å². The molecule has 33 heteroatoms. The van der Waals surface area contributed by atoms with E-state index >= 15 is 4.39 Å². The van der Waals surface area contributed by atoms with Crippen LogP contribution in [0, 0.1) is 18.7 Å². The number of nitrogens with zero attached hydrogens (tertiary/aromatic N) is 2. The van der Waals surface area contributed by atoms with E-state index in [9.17, 15) is 53.1 Å². The number of urea groups is 1. The van der Waals surface area contributed by atoms with Gasteiger partial charge >= 0.3 is 18.1 Å². The lowest BCUT2D eigenvalue weighted by Crippen LogP contribution is -2.54. The normalized spacial score (nSPS) is 17.9. The summed E-state index contributed by atoms with van der Waals surface area (Å²) in [5.74, 6) is -4.58. The number of hydrogen-bond acceptors (Lipinski definition) is 21. The number of nitrogens with two attached hydrogens (primary N) is 2. The number of aliphatic hydroxyl groups is 1. The topological polar surface area (TPSA) is 431 Å². The van der Waals surface area contributed by atoms with Crippen molar-refractivity contribution >= 4 is 80.4 Å². The Bertz CT molecular complexity index is 3820. The second-order valence-electron chi connectivity index (χ2n) is 26.8. The highest BCUT2D eigenvalue weighted by atomic mass is 28.1. The minimum Gasteiger partial charge on any atom is -0.458 e. The first kappa shape index (κ1) is 82.8. The van der Waals surface area contributed by atoms with Gasteiger partial charge in [-0.3, -0.25) is 33.6 Å². The molecular weight excluding hydrogens is 1400 g/mol. The molecule has 0 saturated heterocycles. The van der Waals surface area contributed by atoms with E-state index in [1.807, 2.05) is 6.08 Å². The van der Waals surface area contributed by atoms with E-state index in [-0.39, 0.29) is 121 Å². The number of fused-ring (bicyclic) bond motifs is 5. The highest BCUT2D eigenvalue weighted by molar-refractivity contribution is 6.15. The molecule has 4 aliphatic rings. The Morgan fingerprint density at radius 1 is 0.764 bits per heavy atom. The molecule has 0 spiro atoms. The van der Waals surface area contributed by atoms with Crippen LogP contribution in [0.3, 0.4) is 0 Å². The van der Waals surface area contributed by atoms with Crippen molar-refractivity contribution in [2.75, 3.05) is 97.8 Å². The standard InChI is InChI=1S/C73H100FN12O19Si/c1-43(2)64(85-59(87)23-27-98-29-31-100-33-34-101-32-30-99-28-26-77-60(88)41-103-48-13-8-6-5-7-9-14-48)68(92)84-56(16-12-25-78-71(76)95)67(91)81-47-19-17-46(18-20-47)38-105-72(96)79-24-11-10-15-54(75)66(90)80-42-102-40-61(89)82-55-22-21-49-44(3)53(74)36-57-62(49)63(55)50-37-86-58(65(50)83-57)35-52-51(69(86)93)39-104-70(94)73(52,97)45(4)106/h8,13,17-20,35-36,43,45,48,54-56,64,97H,5-7,9-12,14-16,21-34,37-42,75H2,1-4H3,(H,77,88)(H,79,96)(H,80,90)(H,81,91)(H,82,89)(H,84,92)(H,85,87)(H3,76,78,95)/b13-8-/t45-,48?,54+,55+,56+,64+,73+/m1/s1. The number of ether oxygens (including phenoxy) is 8. The Morgan fingerprint density at radius 3 is 2.20 bits per heavy atom. The maximum atomic E-state index is 15.4. The van der Waals surface area contributed by atoms with Crippen LogP contribution in [-0.2, 0) is 103 Å². The summed E-state index contributed by atoms with van der Waals surface area (Å²) < 4.78 is 61.0. The average Bonchev–Trinajstić information content (AvgIpc) is 1.48. The van der Waals surface area contributed by atoms with Crippen LogP contribution in [0.2, 0.25) is 5.54 Å². The van der Waals surface area contributed by atoms with E-state index < -0.39 is 101 Å². The van der Waals surface area contributed by atoms with Crippen LogP contribution in [0.25, 0.3) is 22.3 Å². The number of benzene rings is 2. The Morgan fingerprint density at radius 2 is 1.48 bits per heavy atom. The Balaban J connectivity index is 0.674. The fourth-order valence-electron chi connectivity index (χ4n) is 12.8. The molecule has 3 radical (unpaired) electrons. The quantitative estimate of drug-likeness (QED) is 0.00878. The smallest absolute Gasteiger partial charge is 0.407 e. The van der Waals surface area contributed by atoms with Gasteiger partial charge in [0.05, 0.1) is 100 Å². The first-order valence-corrected chi connectivity index (χ1v) is 36.7. The van der Waals surface area contributed by atoms with E-state index in [0.29, 0.717) is 115 Å². The number of pyridine rings is 2. The highest BCUT2D eigenvalue weighted by Gasteiger charge is 2.49. The Kier molecular flexibility index (Phi) is 32.3. The Hall–Kier alpha value is -8.80. The van der Waals surface area contributed by atoms with Crippen molar-refractivity contribution in [1.82, 2.24) is 46.8 Å². The maximum Gasteiger partial charge on any atom is 0.407 e. The summed E-state index contributed by atoms with van der Waals surface area (Å²) in [6, 6.07) is 4.94. The molecule has 13 N–H and O–H groups in total. The van der Waals surface area contributed by atoms with Crippen molar-refractivity contribution in [3.05, 3.63) is 104 Å². The second-order valence-corrected chi connectivity index (χ2v) is 27.7. The molecule has 2 aliphatic carbocycles. The van der Waals surface area contributed by atoms with Gasteiger partial charge in [-0.15, -0.1) is 0 Å². The number of aromatic nitrogens is 2. The van der Waals surface area contributed by atoms with Crippen LogP contribution < -0.4 is 59.6 Å². The molecule has 0 bridgehead atoms. The summed E-state index contributed by atoms with van der Waals surface area (Å²) in [5, 5.41) is 34.0. The average molecular weight is 1500 g/mol. The molecule has 4 heterocycles. The van der Waals surface area contributed by atoms with E-state index in [4.69, 9.17) is 54.3 Å². The number of nitrogens with one attached hydrogen (secondary N) is 8. The van der Waals surface area contributed by atoms with Crippen LogP contribution >= 0.6 is 0 Å². The fourth-order valence-corrected chi connectivity index (χ4v) is 13.1. The van der Waals surface area contributed by atoms with Crippen LogP contribution in [0.4, 0.5) is 19.7 Å². The number of rotatable bonds is 42. The zero-order chi connectivity index (χ0) is 76.3. The third-order valence-corrected chi connectivity index (χ3v) is 19.1. The van der Waals surface area contributed by atoms with E-state index in [1.54, 1.807) is 58.0 Å². The largest absolute Gasteiger partial charge is 0.458 e. The summed E-state index contributed by atoms with van der Waals surface area (Å²) in [6.45, 7) is 8.52. The SMILES string of the molecule is Cc1c(F)cc2nc3c(c4c2c1CC[C@@H]4NC(=O)COCNC(=O)[C@@H](N)CCCCNC(=O)OCc1ccc(NC(=O)[C@H](CCCNC(N)=O)NC(=O)[C@@H](NC(=O)CCOCCOCCOCCOCCNC(=O)COC2/C=C\CCCCC2)C(C)C)cc1)Cn1c-3cc2c(c1=O)COC(=O)[C@]2(O)[C@@H](C)[Si]. The molecule has 4 aromatic rings. The molecule has 8 rings (SSSR count). The molecule has 0 saturated carbocycles. The zero-order valence-corrected chi connectivity index (χ0v) is 61.6. The molecule has 577 valence electrons. The van der Waals surface area contributed by atoms with Gasteiger partial charge in [0.15, 0.2) is 5.60 Å². The molecule has 1 unspecified atom stereocenters. The first-order chi connectivity index (χ1) is 50.9. The van der Waals surface area contributed by atoms with Crippen molar-refractivity contribution in [2.24, 2.45) is 17.4 Å². The number of primary amides is 1.